The molecule has 0 aliphatic carbocycles. The molecule has 2 aromatic carbocycles. The SMILES string of the molecule is Cn1cc2cc(Nc3nc(=O)n(Cc4ccc[nH]c4=O)c(=O)n3Cc3cc(F)c(F)c(F)c3)ccc2n1. The van der Waals surface area contributed by atoms with Crippen molar-refractivity contribution in [1.29, 1.82) is 0 Å². The van der Waals surface area contributed by atoms with Gasteiger partial charge in [0, 0.05) is 36.1 Å². The summed E-state index contributed by atoms with van der Waals surface area (Å²) < 4.78 is 44.6. The number of anilines is 2. The summed E-state index contributed by atoms with van der Waals surface area (Å²) in [5, 5.41) is 7.94. The highest BCUT2D eigenvalue weighted by atomic mass is 19.2. The Morgan fingerprint density at radius 2 is 1.73 bits per heavy atom. The van der Waals surface area contributed by atoms with E-state index in [0.29, 0.717) is 11.2 Å². The maximum atomic E-state index is 13.9. The van der Waals surface area contributed by atoms with E-state index in [-0.39, 0.29) is 17.1 Å². The Kier molecular flexibility index (Phi) is 5.95. The number of fused-ring (bicyclic) bond motifs is 1. The summed E-state index contributed by atoms with van der Waals surface area (Å²) in [7, 11) is 1.75. The molecule has 3 heterocycles. The van der Waals surface area contributed by atoms with Crippen molar-refractivity contribution < 1.29 is 13.2 Å². The topological polar surface area (TPSA) is 120 Å². The van der Waals surface area contributed by atoms with Crippen molar-refractivity contribution in [3.63, 3.8) is 0 Å². The lowest BCUT2D eigenvalue weighted by Crippen LogP contribution is -2.43. The van der Waals surface area contributed by atoms with Crippen LogP contribution in [0.5, 0.6) is 0 Å². The van der Waals surface area contributed by atoms with Gasteiger partial charge in [0.05, 0.1) is 18.6 Å². The molecule has 0 aliphatic heterocycles. The molecule has 0 radical (unpaired) electrons. The lowest BCUT2D eigenvalue weighted by atomic mass is 10.2. The van der Waals surface area contributed by atoms with E-state index in [9.17, 15) is 27.6 Å². The Morgan fingerprint density at radius 1 is 0.973 bits per heavy atom. The number of nitrogens with zero attached hydrogens (tertiary/aromatic N) is 5. The van der Waals surface area contributed by atoms with Crippen LogP contribution in [0.4, 0.5) is 24.8 Å². The van der Waals surface area contributed by atoms with Gasteiger partial charge in [-0.25, -0.2) is 27.3 Å². The standard InChI is InChI=1S/C24H18F3N7O3/c1-32-11-15-9-16(4-5-19(15)31-32)29-22-30-23(36)34(12-14-3-2-6-28-21(14)35)24(37)33(22)10-13-7-17(25)20(27)18(26)8-13/h2-9,11H,10,12H2,1H3,(H,28,35)(H,29,30,36). The van der Waals surface area contributed by atoms with Gasteiger partial charge in [-0.15, -0.1) is 0 Å². The van der Waals surface area contributed by atoms with Crippen LogP contribution >= 0.6 is 0 Å². The molecule has 10 nitrogen and oxygen atoms in total. The highest BCUT2D eigenvalue weighted by Gasteiger charge is 2.18. The number of benzene rings is 2. The summed E-state index contributed by atoms with van der Waals surface area (Å²) in [6.45, 7) is -0.849. The quantitative estimate of drug-likeness (QED) is 0.339. The molecule has 37 heavy (non-hydrogen) atoms. The highest BCUT2D eigenvalue weighted by molar-refractivity contribution is 5.82. The zero-order chi connectivity index (χ0) is 26.3. The van der Waals surface area contributed by atoms with Crippen LogP contribution in [0.25, 0.3) is 10.9 Å². The Morgan fingerprint density at radius 3 is 2.46 bits per heavy atom. The van der Waals surface area contributed by atoms with Crippen LogP contribution in [0.3, 0.4) is 0 Å². The Bertz CT molecular complexity index is 1820. The first-order valence-corrected chi connectivity index (χ1v) is 10.9. The average molecular weight is 509 g/mol. The van der Waals surface area contributed by atoms with Crippen molar-refractivity contribution in [3.8, 4) is 0 Å². The predicted octanol–water partition coefficient (Wildman–Crippen LogP) is 2.24. The first-order valence-electron chi connectivity index (χ1n) is 10.9. The smallest absolute Gasteiger partial charge is 0.329 e. The molecule has 5 aromatic rings. The maximum Gasteiger partial charge on any atom is 0.355 e. The molecule has 188 valence electrons. The van der Waals surface area contributed by atoms with Gasteiger partial charge in [-0.05, 0) is 42.0 Å². The van der Waals surface area contributed by atoms with Crippen molar-refractivity contribution in [3.05, 3.63) is 115 Å². The molecular weight excluding hydrogens is 491 g/mol. The minimum Gasteiger partial charge on any atom is -0.329 e. The monoisotopic (exact) mass is 509 g/mol. The molecule has 0 saturated heterocycles. The van der Waals surface area contributed by atoms with Gasteiger partial charge in [-0.2, -0.15) is 10.1 Å². The summed E-state index contributed by atoms with van der Waals surface area (Å²) in [6, 6.07) is 9.54. The molecule has 0 amide bonds. The van der Waals surface area contributed by atoms with Crippen LogP contribution < -0.4 is 22.3 Å². The van der Waals surface area contributed by atoms with Crippen LogP contribution in [0.15, 0.2) is 69.2 Å². The van der Waals surface area contributed by atoms with Gasteiger partial charge in [-0.3, -0.25) is 14.0 Å². The van der Waals surface area contributed by atoms with Gasteiger partial charge < -0.3 is 10.3 Å². The van der Waals surface area contributed by atoms with E-state index in [0.717, 1.165) is 26.7 Å². The van der Waals surface area contributed by atoms with Crippen molar-refractivity contribution in [2.24, 2.45) is 7.05 Å². The fraction of sp³-hybridized carbons (Fsp3) is 0.125. The summed E-state index contributed by atoms with van der Waals surface area (Å²) in [5.41, 5.74) is -1.17. The second-order valence-electron chi connectivity index (χ2n) is 8.27. The second-order valence-corrected chi connectivity index (χ2v) is 8.27. The molecule has 0 fully saturated rings. The molecule has 5 rings (SSSR count). The zero-order valence-corrected chi connectivity index (χ0v) is 19.2. The highest BCUT2D eigenvalue weighted by Crippen LogP contribution is 2.21. The van der Waals surface area contributed by atoms with Gasteiger partial charge in [0.2, 0.25) is 5.95 Å². The van der Waals surface area contributed by atoms with Crippen LogP contribution in [0.2, 0.25) is 0 Å². The number of rotatable bonds is 6. The van der Waals surface area contributed by atoms with Gasteiger partial charge in [0.1, 0.15) is 0 Å². The molecule has 2 N–H and O–H groups in total. The normalized spacial score (nSPS) is 11.2. The molecule has 0 bridgehead atoms. The third-order valence-corrected chi connectivity index (χ3v) is 5.64. The van der Waals surface area contributed by atoms with E-state index in [1.54, 1.807) is 36.1 Å². The van der Waals surface area contributed by atoms with E-state index in [1.165, 1.54) is 18.3 Å². The van der Waals surface area contributed by atoms with E-state index in [2.05, 4.69) is 20.4 Å². The Labute approximate surface area is 205 Å². The third-order valence-electron chi connectivity index (χ3n) is 5.64. The van der Waals surface area contributed by atoms with Crippen molar-refractivity contribution in [1.82, 2.24) is 28.9 Å². The number of aromatic nitrogens is 6. The van der Waals surface area contributed by atoms with Crippen LogP contribution in [-0.2, 0) is 20.1 Å². The minimum absolute atomic E-state index is 0.0891. The lowest BCUT2D eigenvalue weighted by molar-refractivity contribution is 0.444. The second kappa shape index (κ2) is 9.26. The summed E-state index contributed by atoms with van der Waals surface area (Å²) in [4.78, 5) is 44.8. The number of aromatic amines is 1. The van der Waals surface area contributed by atoms with Crippen LogP contribution in [0.1, 0.15) is 11.1 Å². The third kappa shape index (κ3) is 4.66. The molecule has 0 spiro atoms. The van der Waals surface area contributed by atoms with Crippen molar-refractivity contribution in [2.45, 2.75) is 13.1 Å². The zero-order valence-electron chi connectivity index (χ0n) is 19.2. The summed E-state index contributed by atoms with van der Waals surface area (Å²) in [5.74, 6) is -4.74. The number of aryl methyl sites for hydroxylation is 1. The minimum atomic E-state index is -1.65. The summed E-state index contributed by atoms with van der Waals surface area (Å²) >= 11 is 0. The first-order chi connectivity index (χ1) is 17.7. The molecule has 0 saturated carbocycles. The Balaban J connectivity index is 1.63. The number of hydrogen-bond donors (Lipinski definition) is 2. The molecular formula is C24H18F3N7O3. The molecule has 0 atom stereocenters. The number of nitrogens with one attached hydrogen (secondary N) is 2. The van der Waals surface area contributed by atoms with E-state index in [1.807, 2.05) is 0 Å². The molecule has 0 unspecified atom stereocenters. The van der Waals surface area contributed by atoms with Gasteiger partial charge >= 0.3 is 11.4 Å². The molecule has 13 heteroatoms. The van der Waals surface area contributed by atoms with Gasteiger partial charge in [-0.1, -0.05) is 6.07 Å². The maximum absolute atomic E-state index is 13.9. The fourth-order valence-corrected chi connectivity index (χ4v) is 3.89. The fourth-order valence-electron chi connectivity index (χ4n) is 3.89. The molecule has 3 aromatic heterocycles. The number of pyridine rings is 1. The van der Waals surface area contributed by atoms with E-state index in [4.69, 9.17) is 0 Å². The largest absolute Gasteiger partial charge is 0.355 e. The number of halogens is 3. The predicted molar refractivity (Wildman–Crippen MR) is 128 cm³/mol. The van der Waals surface area contributed by atoms with Gasteiger partial charge in [0.25, 0.3) is 5.56 Å². The van der Waals surface area contributed by atoms with E-state index >= 15 is 0 Å². The van der Waals surface area contributed by atoms with Gasteiger partial charge in [0.15, 0.2) is 17.5 Å². The van der Waals surface area contributed by atoms with Crippen LogP contribution in [-0.4, -0.2) is 28.9 Å². The number of hydrogen-bond acceptors (Lipinski definition) is 6. The summed E-state index contributed by atoms with van der Waals surface area (Å²) in [6.07, 6.45) is 3.16. The lowest BCUT2D eigenvalue weighted by Gasteiger charge is -2.16. The van der Waals surface area contributed by atoms with E-state index < -0.39 is 47.5 Å². The van der Waals surface area contributed by atoms with Crippen molar-refractivity contribution in [2.75, 3.05) is 5.32 Å². The van der Waals surface area contributed by atoms with Crippen molar-refractivity contribution >= 4 is 22.5 Å². The first kappa shape index (κ1) is 23.8. The Hall–Kier alpha value is -4.94. The molecule has 0 aliphatic rings. The average Bonchev–Trinajstić information content (AvgIpc) is 3.23. The van der Waals surface area contributed by atoms with Crippen LogP contribution in [0, 0.1) is 17.5 Å². The number of H-pyrrole nitrogens is 1.